The first-order valence-electron chi connectivity index (χ1n) is 13.9. The number of nitro groups is 4. The summed E-state index contributed by atoms with van der Waals surface area (Å²) in [4.78, 5) is 66.8. The lowest BCUT2D eigenvalue weighted by Gasteiger charge is -2.34. The van der Waals surface area contributed by atoms with Gasteiger partial charge >= 0.3 is 0 Å². The quantitative estimate of drug-likeness (QED) is 0.275. The van der Waals surface area contributed by atoms with Crippen LogP contribution in [-0.4, -0.2) is 43.6 Å². The molecule has 0 saturated heterocycles. The van der Waals surface area contributed by atoms with Crippen molar-refractivity contribution in [3.63, 3.8) is 0 Å². The number of nitro benzene ring substituents is 4. The van der Waals surface area contributed by atoms with Crippen molar-refractivity contribution >= 4 is 34.6 Å². The fraction of sp³-hybridized carbons (Fsp3) is 0.481. The summed E-state index contributed by atoms with van der Waals surface area (Å²) in [7, 11) is 0. The molecule has 0 aromatic heterocycles. The second kappa shape index (κ2) is 13.3. The molecule has 2 aromatic rings. The number of nitrogens with zero attached hydrogens (tertiary/aromatic N) is 4. The molecule has 16 heteroatoms. The number of carbonyl (C=O) groups excluding carboxylic acids is 2. The number of benzene rings is 2. The molecule has 228 valence electrons. The predicted octanol–water partition coefficient (Wildman–Crippen LogP) is 4.99. The SMILES string of the molecule is O=C(NC1CCC(CC2CCC(NC(=O)c3cc([N+](=O)[O-])cc([N+](=O)[O-])c3)CC2)CC1)c1cc([N+](=O)[O-])cc([N+](=O)[O-])c1. The first kappa shape index (κ1) is 30.9. The van der Waals surface area contributed by atoms with Gasteiger partial charge in [-0.1, -0.05) is 0 Å². The Labute approximate surface area is 244 Å². The molecule has 2 amide bonds. The summed E-state index contributed by atoms with van der Waals surface area (Å²) in [6.45, 7) is 0. The average Bonchev–Trinajstić information content (AvgIpc) is 2.98. The number of carbonyl (C=O) groups is 2. The molecular weight excluding hydrogens is 568 g/mol. The molecular formula is C27H30N6O10. The van der Waals surface area contributed by atoms with Gasteiger partial charge in [0.15, 0.2) is 0 Å². The van der Waals surface area contributed by atoms with E-state index < -0.39 is 54.3 Å². The van der Waals surface area contributed by atoms with E-state index in [4.69, 9.17) is 0 Å². The van der Waals surface area contributed by atoms with Gasteiger partial charge in [0, 0.05) is 36.3 Å². The second-order valence-corrected chi connectivity index (χ2v) is 11.1. The number of hydrogen-bond donors (Lipinski definition) is 2. The van der Waals surface area contributed by atoms with Crippen LogP contribution >= 0.6 is 0 Å². The number of nitrogens with one attached hydrogen (secondary N) is 2. The van der Waals surface area contributed by atoms with Crippen LogP contribution in [0, 0.1) is 52.3 Å². The monoisotopic (exact) mass is 598 g/mol. The van der Waals surface area contributed by atoms with Gasteiger partial charge < -0.3 is 10.6 Å². The maximum absolute atomic E-state index is 12.7. The highest BCUT2D eigenvalue weighted by Crippen LogP contribution is 2.36. The molecule has 2 fully saturated rings. The number of non-ortho nitro benzene ring substituents is 4. The Balaban J connectivity index is 1.22. The van der Waals surface area contributed by atoms with E-state index >= 15 is 0 Å². The predicted molar refractivity (Wildman–Crippen MR) is 151 cm³/mol. The van der Waals surface area contributed by atoms with E-state index in [1.165, 1.54) is 0 Å². The Kier molecular flexibility index (Phi) is 9.57. The van der Waals surface area contributed by atoms with Crippen LogP contribution in [0.5, 0.6) is 0 Å². The molecule has 2 saturated carbocycles. The van der Waals surface area contributed by atoms with Crippen molar-refractivity contribution in [1.29, 1.82) is 0 Å². The van der Waals surface area contributed by atoms with Crippen LogP contribution in [0.3, 0.4) is 0 Å². The minimum atomic E-state index is -0.776. The summed E-state index contributed by atoms with van der Waals surface area (Å²) in [6.07, 6.45) is 7.37. The van der Waals surface area contributed by atoms with Crippen molar-refractivity contribution in [3.8, 4) is 0 Å². The molecule has 43 heavy (non-hydrogen) atoms. The number of rotatable bonds is 10. The van der Waals surface area contributed by atoms with Crippen molar-refractivity contribution in [1.82, 2.24) is 10.6 Å². The highest BCUT2D eigenvalue weighted by atomic mass is 16.6. The third kappa shape index (κ3) is 8.05. The molecule has 0 aliphatic heterocycles. The van der Waals surface area contributed by atoms with E-state index in [1.807, 2.05) is 0 Å². The lowest BCUT2D eigenvalue weighted by molar-refractivity contribution is -0.394. The van der Waals surface area contributed by atoms with Gasteiger partial charge in [0.05, 0.1) is 43.0 Å². The Morgan fingerprint density at radius 3 is 1.07 bits per heavy atom. The molecule has 4 rings (SSSR count). The largest absolute Gasteiger partial charge is 0.349 e. The van der Waals surface area contributed by atoms with Gasteiger partial charge in [-0.25, -0.2) is 0 Å². The molecule has 2 aromatic carbocycles. The Hall–Kier alpha value is -5.02. The van der Waals surface area contributed by atoms with Crippen LogP contribution in [0.2, 0.25) is 0 Å². The lowest BCUT2D eigenvalue weighted by Crippen LogP contribution is -2.39. The van der Waals surface area contributed by atoms with Crippen LogP contribution in [0.15, 0.2) is 36.4 Å². The summed E-state index contributed by atoms with van der Waals surface area (Å²) < 4.78 is 0. The summed E-state index contributed by atoms with van der Waals surface area (Å²) in [6, 6.07) is 5.46. The maximum Gasteiger partial charge on any atom is 0.277 e. The van der Waals surface area contributed by atoms with Crippen LogP contribution in [0.25, 0.3) is 0 Å². The molecule has 2 N–H and O–H groups in total. The maximum atomic E-state index is 12.7. The molecule has 0 unspecified atom stereocenters. The molecule has 2 aliphatic rings. The van der Waals surface area contributed by atoms with Gasteiger partial charge in [-0.05, 0) is 69.6 Å². The summed E-state index contributed by atoms with van der Waals surface area (Å²) in [5, 5.41) is 50.2. The van der Waals surface area contributed by atoms with Crippen LogP contribution in [0.1, 0.15) is 78.5 Å². The highest BCUT2D eigenvalue weighted by Gasteiger charge is 2.30. The zero-order valence-corrected chi connectivity index (χ0v) is 23.0. The first-order chi connectivity index (χ1) is 20.4. The third-order valence-corrected chi connectivity index (χ3v) is 8.20. The van der Waals surface area contributed by atoms with Crippen molar-refractivity contribution in [2.45, 2.75) is 69.9 Å². The van der Waals surface area contributed by atoms with Gasteiger partial charge in [-0.2, -0.15) is 0 Å². The van der Waals surface area contributed by atoms with Crippen LogP contribution < -0.4 is 10.6 Å². The lowest BCUT2D eigenvalue weighted by atomic mass is 9.75. The van der Waals surface area contributed by atoms with E-state index in [9.17, 15) is 50.0 Å². The minimum absolute atomic E-state index is 0.129. The van der Waals surface area contributed by atoms with Crippen LogP contribution in [0.4, 0.5) is 22.7 Å². The zero-order chi connectivity index (χ0) is 31.3. The smallest absolute Gasteiger partial charge is 0.277 e. The fourth-order valence-corrected chi connectivity index (χ4v) is 5.97. The average molecular weight is 599 g/mol. The van der Waals surface area contributed by atoms with Gasteiger partial charge in [0.2, 0.25) is 0 Å². The Morgan fingerprint density at radius 1 is 0.535 bits per heavy atom. The van der Waals surface area contributed by atoms with E-state index in [1.54, 1.807) is 0 Å². The molecule has 0 heterocycles. The minimum Gasteiger partial charge on any atom is -0.349 e. The van der Waals surface area contributed by atoms with E-state index in [0.29, 0.717) is 37.5 Å². The summed E-state index contributed by atoms with van der Waals surface area (Å²) in [5.74, 6) is -0.270. The van der Waals surface area contributed by atoms with Crippen molar-refractivity contribution in [2.75, 3.05) is 0 Å². The first-order valence-corrected chi connectivity index (χ1v) is 13.9. The van der Waals surface area contributed by atoms with Crippen molar-refractivity contribution in [3.05, 3.63) is 88.0 Å². The van der Waals surface area contributed by atoms with E-state index in [-0.39, 0.29) is 23.2 Å². The van der Waals surface area contributed by atoms with E-state index in [0.717, 1.165) is 68.5 Å². The molecule has 16 nitrogen and oxygen atoms in total. The van der Waals surface area contributed by atoms with Gasteiger partial charge in [-0.3, -0.25) is 50.0 Å². The zero-order valence-electron chi connectivity index (χ0n) is 23.0. The summed E-state index contributed by atoms with van der Waals surface area (Å²) in [5.41, 5.74) is -2.35. The fourth-order valence-electron chi connectivity index (χ4n) is 5.97. The van der Waals surface area contributed by atoms with Gasteiger partial charge in [0.25, 0.3) is 34.6 Å². The molecule has 0 radical (unpaired) electrons. The molecule has 0 bridgehead atoms. The van der Waals surface area contributed by atoms with Gasteiger partial charge in [0.1, 0.15) is 0 Å². The second-order valence-electron chi connectivity index (χ2n) is 11.1. The Morgan fingerprint density at radius 2 is 0.814 bits per heavy atom. The normalized spacial score (nSPS) is 21.8. The number of hydrogen-bond acceptors (Lipinski definition) is 10. The highest BCUT2D eigenvalue weighted by molar-refractivity contribution is 5.96. The van der Waals surface area contributed by atoms with Crippen molar-refractivity contribution < 1.29 is 29.3 Å². The van der Waals surface area contributed by atoms with Gasteiger partial charge in [-0.15, -0.1) is 0 Å². The van der Waals surface area contributed by atoms with E-state index in [2.05, 4.69) is 10.6 Å². The summed E-state index contributed by atoms with van der Waals surface area (Å²) >= 11 is 0. The van der Waals surface area contributed by atoms with Crippen LogP contribution in [-0.2, 0) is 0 Å². The number of amides is 2. The third-order valence-electron chi connectivity index (χ3n) is 8.20. The molecule has 0 spiro atoms. The molecule has 2 aliphatic carbocycles. The Bertz CT molecular complexity index is 1280. The van der Waals surface area contributed by atoms with Crippen molar-refractivity contribution in [2.24, 2.45) is 11.8 Å². The molecule has 0 atom stereocenters. The topological polar surface area (TPSA) is 231 Å². The standard InChI is InChI=1S/C27H30N6O10/c34-26(18-10-22(30(36)37)14-23(11-18)31(38)39)28-20-5-1-16(2-6-20)9-17-3-7-21(8-4-17)29-27(35)19-12-24(32(40)41)15-25(13-19)33(42)43/h10-17,20-21H,1-9H2,(H,28,34)(H,29,35).